The number of aliphatic hydroxyl groups excluding tert-OH is 1. The molecule has 1 heterocycles. The molecule has 0 aliphatic rings. The van der Waals surface area contributed by atoms with E-state index in [1.54, 1.807) is 6.20 Å². The van der Waals surface area contributed by atoms with Crippen molar-refractivity contribution in [2.75, 3.05) is 18.5 Å². The number of rotatable bonds is 7. The highest BCUT2D eigenvalue weighted by atomic mass is 16.5. The fraction of sp³-hybridized carbons (Fsp3) is 0.583. The van der Waals surface area contributed by atoms with Gasteiger partial charge in [-0.15, -0.1) is 0 Å². The van der Waals surface area contributed by atoms with Crippen LogP contribution in [0.4, 0.5) is 5.69 Å². The molecule has 0 spiro atoms. The molecule has 0 aliphatic carbocycles. The van der Waals surface area contributed by atoms with Gasteiger partial charge < -0.3 is 15.2 Å². The van der Waals surface area contributed by atoms with Gasteiger partial charge in [-0.3, -0.25) is 4.98 Å². The van der Waals surface area contributed by atoms with Crippen molar-refractivity contribution >= 4 is 5.69 Å². The average Bonchev–Trinajstić information content (AvgIpc) is 2.28. The van der Waals surface area contributed by atoms with E-state index in [1.807, 2.05) is 26.0 Å². The Morgan fingerprint density at radius 2 is 2.31 bits per heavy atom. The summed E-state index contributed by atoms with van der Waals surface area (Å²) >= 11 is 0. The van der Waals surface area contributed by atoms with Crippen LogP contribution >= 0.6 is 0 Å². The van der Waals surface area contributed by atoms with Gasteiger partial charge in [-0.1, -0.05) is 0 Å². The summed E-state index contributed by atoms with van der Waals surface area (Å²) in [6.45, 7) is 5.67. The van der Waals surface area contributed by atoms with Crippen molar-refractivity contribution in [2.24, 2.45) is 0 Å². The quantitative estimate of drug-likeness (QED) is 0.693. The first-order chi connectivity index (χ1) is 7.72. The lowest BCUT2D eigenvalue weighted by Gasteiger charge is -2.09. The Morgan fingerprint density at radius 3 is 3.00 bits per heavy atom. The van der Waals surface area contributed by atoms with Crippen LogP contribution in [-0.2, 0) is 11.3 Å². The molecule has 0 radical (unpaired) electrons. The second kappa shape index (κ2) is 7.19. The Balaban J connectivity index is 2.21. The minimum Gasteiger partial charge on any atom is -0.390 e. The Hall–Kier alpha value is -1.13. The SMILES string of the molecule is CC(C)OCCCNc1ccnc(CO)c1. The zero-order chi connectivity index (χ0) is 11.8. The molecule has 1 aromatic rings. The first kappa shape index (κ1) is 12.9. The molecular weight excluding hydrogens is 204 g/mol. The van der Waals surface area contributed by atoms with E-state index in [-0.39, 0.29) is 6.61 Å². The number of pyridine rings is 1. The first-order valence-electron chi connectivity index (χ1n) is 5.63. The van der Waals surface area contributed by atoms with Crippen molar-refractivity contribution in [1.82, 2.24) is 4.98 Å². The van der Waals surface area contributed by atoms with E-state index < -0.39 is 0 Å². The van der Waals surface area contributed by atoms with Crippen LogP contribution in [0, 0.1) is 0 Å². The third kappa shape index (κ3) is 5.09. The normalized spacial score (nSPS) is 10.8. The number of nitrogens with one attached hydrogen (secondary N) is 1. The van der Waals surface area contributed by atoms with Gasteiger partial charge in [0.25, 0.3) is 0 Å². The Labute approximate surface area is 96.7 Å². The number of anilines is 1. The third-order valence-corrected chi connectivity index (χ3v) is 2.08. The van der Waals surface area contributed by atoms with E-state index in [0.29, 0.717) is 11.8 Å². The van der Waals surface area contributed by atoms with Gasteiger partial charge in [-0.2, -0.15) is 0 Å². The summed E-state index contributed by atoms with van der Waals surface area (Å²) in [5.74, 6) is 0. The molecule has 0 aromatic carbocycles. The Kier molecular flexibility index (Phi) is 5.82. The van der Waals surface area contributed by atoms with Gasteiger partial charge in [0, 0.05) is 25.0 Å². The maximum absolute atomic E-state index is 8.92. The van der Waals surface area contributed by atoms with Crippen molar-refractivity contribution in [1.29, 1.82) is 0 Å². The largest absolute Gasteiger partial charge is 0.390 e. The number of nitrogens with zero attached hydrogens (tertiary/aromatic N) is 1. The van der Waals surface area contributed by atoms with Gasteiger partial charge in [0.2, 0.25) is 0 Å². The van der Waals surface area contributed by atoms with Crippen LogP contribution in [-0.4, -0.2) is 29.3 Å². The number of hydrogen-bond donors (Lipinski definition) is 2. The number of aliphatic hydroxyl groups is 1. The molecule has 90 valence electrons. The maximum Gasteiger partial charge on any atom is 0.0853 e. The minimum atomic E-state index is -0.0218. The van der Waals surface area contributed by atoms with Crippen molar-refractivity contribution in [3.05, 3.63) is 24.0 Å². The molecule has 0 atom stereocenters. The maximum atomic E-state index is 8.92. The molecule has 4 nitrogen and oxygen atoms in total. The van der Waals surface area contributed by atoms with Crippen LogP contribution in [0.25, 0.3) is 0 Å². The van der Waals surface area contributed by atoms with Gasteiger partial charge in [0.15, 0.2) is 0 Å². The topological polar surface area (TPSA) is 54.4 Å². The minimum absolute atomic E-state index is 0.0218. The fourth-order valence-corrected chi connectivity index (χ4v) is 1.30. The highest BCUT2D eigenvalue weighted by molar-refractivity contribution is 5.42. The summed E-state index contributed by atoms with van der Waals surface area (Å²) < 4.78 is 5.43. The van der Waals surface area contributed by atoms with E-state index in [2.05, 4.69) is 10.3 Å². The van der Waals surface area contributed by atoms with Crippen molar-refractivity contribution < 1.29 is 9.84 Å². The zero-order valence-electron chi connectivity index (χ0n) is 9.94. The van der Waals surface area contributed by atoms with Crippen molar-refractivity contribution in [3.8, 4) is 0 Å². The fourth-order valence-electron chi connectivity index (χ4n) is 1.30. The van der Waals surface area contributed by atoms with E-state index in [4.69, 9.17) is 9.84 Å². The van der Waals surface area contributed by atoms with Crippen LogP contribution in [0.1, 0.15) is 26.0 Å². The smallest absolute Gasteiger partial charge is 0.0853 e. The molecule has 2 N–H and O–H groups in total. The monoisotopic (exact) mass is 224 g/mol. The summed E-state index contributed by atoms with van der Waals surface area (Å²) in [4.78, 5) is 4.01. The van der Waals surface area contributed by atoms with Crippen LogP contribution < -0.4 is 5.32 Å². The second-order valence-electron chi connectivity index (χ2n) is 3.89. The number of ether oxygens (including phenoxy) is 1. The lowest BCUT2D eigenvalue weighted by molar-refractivity contribution is 0.0787. The molecule has 0 saturated carbocycles. The molecular formula is C12H20N2O2. The number of hydrogen-bond acceptors (Lipinski definition) is 4. The number of aromatic nitrogens is 1. The van der Waals surface area contributed by atoms with E-state index in [9.17, 15) is 0 Å². The second-order valence-corrected chi connectivity index (χ2v) is 3.89. The summed E-state index contributed by atoms with van der Waals surface area (Å²) in [6.07, 6.45) is 2.95. The Morgan fingerprint density at radius 1 is 1.50 bits per heavy atom. The molecule has 1 aromatic heterocycles. The molecule has 0 bridgehead atoms. The van der Waals surface area contributed by atoms with E-state index in [0.717, 1.165) is 25.3 Å². The predicted molar refractivity (Wildman–Crippen MR) is 64.4 cm³/mol. The highest BCUT2D eigenvalue weighted by Crippen LogP contribution is 2.07. The average molecular weight is 224 g/mol. The molecule has 0 saturated heterocycles. The summed E-state index contributed by atoms with van der Waals surface area (Å²) in [6, 6.07) is 3.74. The van der Waals surface area contributed by atoms with Gasteiger partial charge in [-0.25, -0.2) is 0 Å². The van der Waals surface area contributed by atoms with Crippen LogP contribution in [0.15, 0.2) is 18.3 Å². The van der Waals surface area contributed by atoms with E-state index in [1.165, 1.54) is 0 Å². The van der Waals surface area contributed by atoms with E-state index >= 15 is 0 Å². The van der Waals surface area contributed by atoms with Gasteiger partial charge >= 0.3 is 0 Å². The van der Waals surface area contributed by atoms with Crippen LogP contribution in [0.3, 0.4) is 0 Å². The molecule has 1 rings (SSSR count). The Bertz CT molecular complexity index is 303. The third-order valence-electron chi connectivity index (χ3n) is 2.08. The van der Waals surface area contributed by atoms with Gasteiger partial charge in [0.05, 0.1) is 18.4 Å². The zero-order valence-corrected chi connectivity index (χ0v) is 9.94. The summed E-state index contributed by atoms with van der Waals surface area (Å²) in [7, 11) is 0. The predicted octanol–water partition coefficient (Wildman–Crippen LogP) is 1.80. The molecule has 0 unspecified atom stereocenters. The molecule has 0 aliphatic heterocycles. The molecule has 4 heteroatoms. The van der Waals surface area contributed by atoms with Gasteiger partial charge in [-0.05, 0) is 32.4 Å². The molecule has 0 fully saturated rings. The van der Waals surface area contributed by atoms with Crippen molar-refractivity contribution in [2.45, 2.75) is 33.0 Å². The van der Waals surface area contributed by atoms with Gasteiger partial charge in [0.1, 0.15) is 0 Å². The summed E-state index contributed by atoms with van der Waals surface area (Å²) in [5.41, 5.74) is 1.67. The standard InChI is InChI=1S/C12H20N2O2/c1-10(2)16-7-3-5-13-11-4-6-14-12(8-11)9-15/h4,6,8,10,15H,3,5,7,9H2,1-2H3,(H,13,14). The lowest BCUT2D eigenvalue weighted by Crippen LogP contribution is -2.09. The van der Waals surface area contributed by atoms with Crippen molar-refractivity contribution in [3.63, 3.8) is 0 Å². The van der Waals surface area contributed by atoms with Crippen LogP contribution in [0.5, 0.6) is 0 Å². The first-order valence-corrected chi connectivity index (χ1v) is 5.63. The molecule has 0 amide bonds. The van der Waals surface area contributed by atoms with Crippen LogP contribution in [0.2, 0.25) is 0 Å². The highest BCUT2D eigenvalue weighted by Gasteiger charge is 1.96. The molecule has 16 heavy (non-hydrogen) atoms. The summed E-state index contributed by atoms with van der Waals surface area (Å²) in [5, 5.41) is 12.2. The lowest BCUT2D eigenvalue weighted by atomic mass is 10.3.